The Morgan fingerprint density at radius 3 is 2.08 bits per heavy atom. The predicted octanol–water partition coefficient (Wildman–Crippen LogP) is 3.07. The van der Waals surface area contributed by atoms with Gasteiger partial charge in [-0.2, -0.15) is 0 Å². The van der Waals surface area contributed by atoms with Crippen molar-refractivity contribution >= 4 is 11.7 Å². The second-order valence-electron chi connectivity index (χ2n) is 5.98. The molecule has 0 radical (unpaired) electrons. The van der Waals surface area contributed by atoms with Crippen LogP contribution in [-0.2, 0) is 4.79 Å². The number of carbonyl (C=O) groups is 2. The van der Waals surface area contributed by atoms with Crippen LogP contribution in [-0.4, -0.2) is 37.2 Å². The summed E-state index contributed by atoms with van der Waals surface area (Å²) in [5, 5.41) is 2.94. The zero-order chi connectivity index (χ0) is 17.4. The van der Waals surface area contributed by atoms with E-state index in [1.165, 1.54) is 0 Å². The number of benzene rings is 2. The Balaban J connectivity index is 1.82. The van der Waals surface area contributed by atoms with E-state index in [9.17, 15) is 9.59 Å². The fraction of sp³-hybridized carbons (Fsp3) is 0.300. The number of rotatable bonds is 8. The molecule has 0 aliphatic heterocycles. The van der Waals surface area contributed by atoms with Gasteiger partial charge >= 0.3 is 0 Å². The monoisotopic (exact) mass is 324 g/mol. The summed E-state index contributed by atoms with van der Waals surface area (Å²) in [4.78, 5) is 26.2. The van der Waals surface area contributed by atoms with E-state index >= 15 is 0 Å². The van der Waals surface area contributed by atoms with Crippen LogP contribution in [0.3, 0.4) is 0 Å². The van der Waals surface area contributed by atoms with Gasteiger partial charge in [0.1, 0.15) is 0 Å². The normalized spacial score (nSPS) is 12.0. The van der Waals surface area contributed by atoms with Crippen LogP contribution in [0.25, 0.3) is 0 Å². The standard InChI is InChI=1S/C20H24N2O2/c1-22(2)18(16-9-5-3-6-10-16)15-21-20(24)14-13-19(23)17-11-7-4-8-12-17/h3-12,18H,13-15H2,1-2H3,(H,21,24). The number of amides is 1. The minimum atomic E-state index is -0.0953. The number of hydrogen-bond acceptors (Lipinski definition) is 3. The quantitative estimate of drug-likeness (QED) is 0.759. The zero-order valence-electron chi connectivity index (χ0n) is 14.2. The highest BCUT2D eigenvalue weighted by molar-refractivity contribution is 5.97. The van der Waals surface area contributed by atoms with Gasteiger partial charge < -0.3 is 10.2 Å². The van der Waals surface area contributed by atoms with Crippen LogP contribution < -0.4 is 5.32 Å². The molecule has 0 spiro atoms. The molecule has 0 fully saturated rings. The van der Waals surface area contributed by atoms with Gasteiger partial charge in [0.2, 0.25) is 5.91 Å². The molecule has 1 atom stereocenters. The molecule has 126 valence electrons. The third-order valence-electron chi connectivity index (χ3n) is 3.98. The Kier molecular flexibility index (Phi) is 6.70. The minimum Gasteiger partial charge on any atom is -0.354 e. The van der Waals surface area contributed by atoms with Crippen molar-refractivity contribution in [2.24, 2.45) is 0 Å². The maximum atomic E-state index is 12.1. The van der Waals surface area contributed by atoms with Gasteiger partial charge in [0.15, 0.2) is 5.78 Å². The largest absolute Gasteiger partial charge is 0.354 e. The molecule has 0 saturated carbocycles. The van der Waals surface area contributed by atoms with E-state index in [0.717, 1.165) is 5.56 Å². The Morgan fingerprint density at radius 2 is 1.50 bits per heavy atom. The van der Waals surface area contributed by atoms with Crippen LogP contribution in [0, 0.1) is 0 Å². The second kappa shape index (κ2) is 8.99. The summed E-state index contributed by atoms with van der Waals surface area (Å²) in [6, 6.07) is 19.3. The summed E-state index contributed by atoms with van der Waals surface area (Å²) in [5.74, 6) is -0.0972. The topological polar surface area (TPSA) is 49.4 Å². The van der Waals surface area contributed by atoms with E-state index in [-0.39, 0.29) is 30.6 Å². The van der Waals surface area contributed by atoms with Gasteiger partial charge in [-0.3, -0.25) is 9.59 Å². The molecule has 2 rings (SSSR count). The van der Waals surface area contributed by atoms with Crippen LogP contribution in [0.1, 0.15) is 34.8 Å². The van der Waals surface area contributed by atoms with Crippen molar-refractivity contribution in [3.63, 3.8) is 0 Å². The summed E-state index contributed by atoms with van der Waals surface area (Å²) >= 11 is 0. The molecule has 0 aromatic heterocycles. The maximum Gasteiger partial charge on any atom is 0.220 e. The highest BCUT2D eigenvalue weighted by Gasteiger charge is 2.15. The van der Waals surface area contributed by atoms with Crippen molar-refractivity contribution in [3.05, 3.63) is 71.8 Å². The van der Waals surface area contributed by atoms with Crippen LogP contribution in [0.2, 0.25) is 0 Å². The molecule has 0 saturated heterocycles. The van der Waals surface area contributed by atoms with Crippen molar-refractivity contribution < 1.29 is 9.59 Å². The van der Waals surface area contributed by atoms with E-state index in [4.69, 9.17) is 0 Å². The molecule has 4 nitrogen and oxygen atoms in total. The van der Waals surface area contributed by atoms with E-state index in [2.05, 4.69) is 22.3 Å². The van der Waals surface area contributed by atoms with Crippen LogP contribution in [0.15, 0.2) is 60.7 Å². The van der Waals surface area contributed by atoms with Crippen LogP contribution >= 0.6 is 0 Å². The van der Waals surface area contributed by atoms with Gasteiger partial charge in [-0.1, -0.05) is 60.7 Å². The lowest BCUT2D eigenvalue weighted by Crippen LogP contribution is -2.34. The maximum absolute atomic E-state index is 12.1. The second-order valence-corrected chi connectivity index (χ2v) is 5.98. The molecular weight excluding hydrogens is 300 g/mol. The Labute approximate surface area is 143 Å². The Morgan fingerprint density at radius 1 is 0.917 bits per heavy atom. The number of carbonyl (C=O) groups excluding carboxylic acids is 2. The molecule has 2 aromatic rings. The van der Waals surface area contributed by atoms with E-state index in [0.29, 0.717) is 12.1 Å². The Bertz CT molecular complexity index is 654. The first-order chi connectivity index (χ1) is 11.6. The number of Topliss-reactive ketones (excluding diaryl/α,β-unsaturated/α-hetero) is 1. The summed E-state index contributed by atoms with van der Waals surface area (Å²) in [7, 11) is 3.98. The average molecular weight is 324 g/mol. The third kappa shape index (κ3) is 5.32. The summed E-state index contributed by atoms with van der Waals surface area (Å²) in [5.41, 5.74) is 1.81. The van der Waals surface area contributed by atoms with Crippen LogP contribution in [0.5, 0.6) is 0 Å². The minimum absolute atomic E-state index is 0.00188. The van der Waals surface area contributed by atoms with Gasteiger partial charge in [0, 0.05) is 24.9 Å². The molecule has 2 aromatic carbocycles. The molecule has 1 amide bonds. The zero-order valence-corrected chi connectivity index (χ0v) is 14.2. The number of nitrogens with one attached hydrogen (secondary N) is 1. The molecule has 0 aliphatic carbocycles. The van der Waals surface area contributed by atoms with Gasteiger partial charge in [0.25, 0.3) is 0 Å². The third-order valence-corrected chi connectivity index (χ3v) is 3.98. The lowest BCUT2D eigenvalue weighted by Gasteiger charge is -2.25. The van der Waals surface area contributed by atoms with Crippen molar-refractivity contribution in [3.8, 4) is 0 Å². The first-order valence-electron chi connectivity index (χ1n) is 8.14. The molecule has 0 aliphatic rings. The van der Waals surface area contributed by atoms with E-state index in [1.807, 2.05) is 50.5 Å². The molecule has 4 heteroatoms. The lowest BCUT2D eigenvalue weighted by atomic mass is 10.1. The summed E-state index contributed by atoms with van der Waals surface area (Å²) in [6.45, 7) is 0.523. The SMILES string of the molecule is CN(C)C(CNC(=O)CCC(=O)c1ccccc1)c1ccccc1. The van der Waals surface area contributed by atoms with Gasteiger partial charge in [-0.25, -0.2) is 0 Å². The van der Waals surface area contributed by atoms with Crippen molar-refractivity contribution in [2.45, 2.75) is 18.9 Å². The molecule has 1 N–H and O–H groups in total. The lowest BCUT2D eigenvalue weighted by molar-refractivity contribution is -0.121. The molecule has 0 bridgehead atoms. The van der Waals surface area contributed by atoms with Gasteiger partial charge in [-0.05, 0) is 19.7 Å². The predicted molar refractivity (Wildman–Crippen MR) is 95.9 cm³/mol. The average Bonchev–Trinajstić information content (AvgIpc) is 2.61. The van der Waals surface area contributed by atoms with Gasteiger partial charge in [0.05, 0.1) is 6.04 Å². The highest BCUT2D eigenvalue weighted by Crippen LogP contribution is 2.16. The molecule has 0 heterocycles. The van der Waals surface area contributed by atoms with Gasteiger partial charge in [-0.15, -0.1) is 0 Å². The van der Waals surface area contributed by atoms with Crippen molar-refractivity contribution in [1.82, 2.24) is 10.2 Å². The first kappa shape index (κ1) is 17.9. The highest BCUT2D eigenvalue weighted by atomic mass is 16.2. The fourth-order valence-corrected chi connectivity index (χ4v) is 2.57. The van der Waals surface area contributed by atoms with E-state index in [1.54, 1.807) is 12.1 Å². The number of ketones is 1. The molecular formula is C20H24N2O2. The number of likely N-dealkylation sites (N-methyl/N-ethyl adjacent to an activating group) is 1. The van der Waals surface area contributed by atoms with E-state index < -0.39 is 0 Å². The smallest absolute Gasteiger partial charge is 0.220 e. The molecule has 24 heavy (non-hydrogen) atoms. The fourth-order valence-electron chi connectivity index (χ4n) is 2.57. The first-order valence-corrected chi connectivity index (χ1v) is 8.14. The molecule has 1 unspecified atom stereocenters. The Hall–Kier alpha value is -2.46. The van der Waals surface area contributed by atoms with Crippen molar-refractivity contribution in [1.29, 1.82) is 0 Å². The number of hydrogen-bond donors (Lipinski definition) is 1. The number of nitrogens with zero attached hydrogens (tertiary/aromatic N) is 1. The van der Waals surface area contributed by atoms with Crippen LogP contribution in [0.4, 0.5) is 0 Å². The van der Waals surface area contributed by atoms with Crippen molar-refractivity contribution in [2.75, 3.05) is 20.6 Å². The summed E-state index contributed by atoms with van der Waals surface area (Å²) in [6.07, 6.45) is 0.441. The summed E-state index contributed by atoms with van der Waals surface area (Å²) < 4.78 is 0.